The summed E-state index contributed by atoms with van der Waals surface area (Å²) in [5.74, 6) is 0.680. The molecule has 1 aliphatic heterocycles. The minimum Gasteiger partial charge on any atom is -0.487 e. The fourth-order valence-electron chi connectivity index (χ4n) is 7.16. The summed E-state index contributed by atoms with van der Waals surface area (Å²) in [6.45, 7) is 18.6. The van der Waals surface area contributed by atoms with Gasteiger partial charge in [-0.25, -0.2) is 0 Å². The van der Waals surface area contributed by atoms with E-state index < -0.39 is 8.32 Å². The van der Waals surface area contributed by atoms with E-state index in [9.17, 15) is 4.79 Å². The summed E-state index contributed by atoms with van der Waals surface area (Å²) >= 11 is 0. The summed E-state index contributed by atoms with van der Waals surface area (Å²) < 4.78 is 13.7. The van der Waals surface area contributed by atoms with Crippen LogP contribution in [0, 0.1) is 0 Å². The average Bonchev–Trinajstić information content (AvgIpc) is 3.13. The molecule has 1 aliphatic rings. The lowest BCUT2D eigenvalue weighted by molar-refractivity contribution is 0.115. The Kier molecular flexibility index (Phi) is 15.2. The smallest absolute Gasteiger partial charge is 0.248 e. The highest BCUT2D eigenvalue weighted by Gasteiger charge is 2.40. The number of hydrogen-bond acceptors (Lipinski definition) is 5. The zero-order chi connectivity index (χ0) is 36.8. The number of piperidine rings is 1. The van der Waals surface area contributed by atoms with Gasteiger partial charge in [0.2, 0.25) is 5.56 Å². The van der Waals surface area contributed by atoms with Crippen LogP contribution in [-0.4, -0.2) is 55.8 Å². The molecule has 0 amide bonds. The summed E-state index contributed by atoms with van der Waals surface area (Å²) in [7, 11) is -2.19. The van der Waals surface area contributed by atoms with Gasteiger partial charge in [-0.05, 0) is 98.8 Å². The molecule has 0 saturated carbocycles. The van der Waals surface area contributed by atoms with E-state index in [4.69, 9.17) is 9.16 Å². The molecule has 1 aromatic heterocycles. The predicted molar refractivity (Wildman–Crippen MR) is 221 cm³/mol. The van der Waals surface area contributed by atoms with Gasteiger partial charge in [0.15, 0.2) is 8.32 Å². The van der Waals surface area contributed by atoms with Crippen molar-refractivity contribution in [1.82, 2.24) is 14.8 Å². The van der Waals surface area contributed by atoms with Crippen LogP contribution in [0.2, 0.25) is 18.1 Å². The summed E-state index contributed by atoms with van der Waals surface area (Å²) in [5, 5.41) is 1.03. The number of pyridine rings is 1. The second kappa shape index (κ2) is 19.7. The Hall–Kier alpha value is -3.23. The Balaban J connectivity index is 1.31. The maximum absolute atomic E-state index is 12.7. The molecule has 2 heterocycles. The number of H-pyrrole nitrogens is 1. The molecule has 6 nitrogen and oxygen atoms in total. The number of aromatic nitrogens is 1. The molecule has 0 spiro atoms. The zero-order valence-electron chi connectivity index (χ0n) is 32.8. The van der Waals surface area contributed by atoms with Crippen molar-refractivity contribution in [3.8, 4) is 5.75 Å². The fraction of sp³-hybridized carbons (Fsp3) is 0.533. The van der Waals surface area contributed by atoms with Crippen LogP contribution in [0.1, 0.15) is 108 Å². The predicted octanol–water partition coefficient (Wildman–Crippen LogP) is 10.9. The maximum atomic E-state index is 12.7. The van der Waals surface area contributed by atoms with Crippen molar-refractivity contribution in [2.45, 2.75) is 122 Å². The maximum Gasteiger partial charge on any atom is 0.248 e. The van der Waals surface area contributed by atoms with E-state index in [-0.39, 0.29) is 16.7 Å². The molecule has 1 N–H and O–H groups in total. The normalized spacial score (nSPS) is 15.0. The van der Waals surface area contributed by atoms with Crippen LogP contribution in [0.4, 0.5) is 0 Å². The average molecular weight is 724 g/mol. The summed E-state index contributed by atoms with van der Waals surface area (Å²) in [6.07, 6.45) is 13.1. The van der Waals surface area contributed by atoms with Gasteiger partial charge < -0.3 is 19.0 Å². The third kappa shape index (κ3) is 12.2. The molecule has 0 radical (unpaired) electrons. The van der Waals surface area contributed by atoms with Gasteiger partial charge in [0.25, 0.3) is 0 Å². The number of aromatic amines is 1. The Morgan fingerprint density at radius 1 is 0.769 bits per heavy atom. The van der Waals surface area contributed by atoms with Gasteiger partial charge in [-0.2, -0.15) is 0 Å². The fourth-order valence-corrected chi connectivity index (χ4v) is 8.43. The van der Waals surface area contributed by atoms with Gasteiger partial charge >= 0.3 is 0 Å². The number of nitrogens with one attached hydrogen (secondary N) is 1. The van der Waals surface area contributed by atoms with Crippen molar-refractivity contribution in [2.75, 3.05) is 32.7 Å². The number of likely N-dealkylation sites (tertiary alicyclic amines) is 1. The highest BCUT2D eigenvalue weighted by atomic mass is 28.4. The van der Waals surface area contributed by atoms with Crippen LogP contribution in [-0.2, 0) is 17.6 Å². The van der Waals surface area contributed by atoms with Crippen LogP contribution in [0.5, 0.6) is 5.75 Å². The number of ether oxygens (including phenoxy) is 1. The largest absolute Gasteiger partial charge is 0.487 e. The van der Waals surface area contributed by atoms with E-state index >= 15 is 0 Å². The van der Waals surface area contributed by atoms with Gasteiger partial charge in [0, 0.05) is 24.5 Å². The van der Waals surface area contributed by atoms with Crippen LogP contribution >= 0.6 is 0 Å². The summed E-state index contributed by atoms with van der Waals surface area (Å²) in [4.78, 5) is 21.1. The molecule has 1 saturated heterocycles. The zero-order valence-corrected chi connectivity index (χ0v) is 33.8. The molecule has 1 unspecified atom stereocenters. The van der Waals surface area contributed by atoms with Crippen molar-refractivity contribution >= 4 is 19.2 Å². The number of hydrogen-bond donors (Lipinski definition) is 1. The molecule has 4 aromatic rings. The Morgan fingerprint density at radius 3 is 2.08 bits per heavy atom. The van der Waals surface area contributed by atoms with Crippen molar-refractivity contribution in [2.24, 2.45) is 0 Å². The van der Waals surface area contributed by atoms with Crippen molar-refractivity contribution in [3.63, 3.8) is 0 Å². The van der Waals surface area contributed by atoms with Gasteiger partial charge in [-0.15, -0.1) is 0 Å². The van der Waals surface area contributed by atoms with Gasteiger partial charge in [-0.1, -0.05) is 126 Å². The molecule has 7 heteroatoms. The number of benzene rings is 3. The lowest BCUT2D eigenvalue weighted by Gasteiger charge is -2.41. The van der Waals surface area contributed by atoms with Crippen LogP contribution in [0.25, 0.3) is 10.9 Å². The van der Waals surface area contributed by atoms with E-state index in [0.29, 0.717) is 12.4 Å². The third-order valence-corrected chi connectivity index (χ3v) is 15.8. The minimum atomic E-state index is -2.19. The Labute approximate surface area is 315 Å². The summed E-state index contributed by atoms with van der Waals surface area (Å²) in [5.41, 5.74) is 4.10. The van der Waals surface area contributed by atoms with Crippen LogP contribution < -0.4 is 10.3 Å². The van der Waals surface area contributed by atoms with Gasteiger partial charge in [-0.3, -0.25) is 9.69 Å². The molecule has 0 aliphatic carbocycles. The SMILES string of the molecule is CC(C)(C)[Si](C)(C)OC(CN(CCCCCCCCCN1CCCCC1)Cc1ccccc1)c1ccc(OCc2ccccc2)c2[nH]c(=O)ccc12. The van der Waals surface area contributed by atoms with E-state index in [2.05, 4.69) is 97.2 Å². The first kappa shape index (κ1) is 40.0. The lowest BCUT2D eigenvalue weighted by Crippen LogP contribution is -2.44. The molecule has 282 valence electrons. The second-order valence-electron chi connectivity index (χ2n) is 16.5. The first-order valence-electron chi connectivity index (χ1n) is 20.1. The molecule has 0 bridgehead atoms. The highest BCUT2D eigenvalue weighted by Crippen LogP contribution is 2.42. The molecule has 52 heavy (non-hydrogen) atoms. The Morgan fingerprint density at radius 2 is 1.40 bits per heavy atom. The molecule has 1 fully saturated rings. The monoisotopic (exact) mass is 723 g/mol. The van der Waals surface area contributed by atoms with E-state index in [0.717, 1.165) is 41.7 Å². The van der Waals surface area contributed by atoms with Crippen molar-refractivity contribution < 1.29 is 9.16 Å². The number of nitrogens with zero attached hydrogens (tertiary/aromatic N) is 2. The topological polar surface area (TPSA) is 57.8 Å². The number of unbranched alkanes of at least 4 members (excludes halogenated alkanes) is 6. The van der Waals surface area contributed by atoms with Crippen LogP contribution in [0.15, 0.2) is 89.7 Å². The van der Waals surface area contributed by atoms with E-state index in [1.165, 1.54) is 89.4 Å². The quantitative estimate of drug-likeness (QED) is 0.0727. The van der Waals surface area contributed by atoms with E-state index in [1.54, 1.807) is 6.07 Å². The minimum absolute atomic E-state index is 0.0478. The first-order chi connectivity index (χ1) is 25.1. The molecular formula is C45H65N3O3Si. The van der Waals surface area contributed by atoms with Crippen molar-refractivity contribution in [1.29, 1.82) is 0 Å². The molecule has 5 rings (SSSR count). The first-order valence-corrected chi connectivity index (χ1v) is 23.0. The van der Waals surface area contributed by atoms with Crippen molar-refractivity contribution in [3.05, 3.63) is 112 Å². The van der Waals surface area contributed by atoms with Gasteiger partial charge in [0.05, 0.1) is 11.6 Å². The lowest BCUT2D eigenvalue weighted by atomic mass is 10.0. The van der Waals surface area contributed by atoms with Gasteiger partial charge in [0.1, 0.15) is 12.4 Å². The Bertz CT molecular complexity index is 1680. The van der Waals surface area contributed by atoms with E-state index in [1.807, 2.05) is 30.3 Å². The number of rotatable bonds is 20. The molecular weight excluding hydrogens is 659 g/mol. The second-order valence-corrected chi connectivity index (χ2v) is 21.3. The third-order valence-electron chi connectivity index (χ3n) is 11.3. The standard InChI is InChI=1S/C45H65N3O3Si/c1-45(2,3)52(4,5)51-42(39-26-28-41(44-40(39)27-29-43(49)46-44)50-36-38-24-16-12-17-25-38)35-48(34-37-22-14-11-15-23-37)33-19-10-8-6-7-9-18-30-47-31-20-13-21-32-47/h11-12,14-17,22-29,42H,6-10,13,18-21,30-36H2,1-5H3,(H,46,49). The highest BCUT2D eigenvalue weighted by molar-refractivity contribution is 6.74. The molecule has 3 aromatic carbocycles. The molecule has 1 atom stereocenters. The number of fused-ring (bicyclic) bond motifs is 1. The van der Waals surface area contributed by atoms with Crippen LogP contribution in [0.3, 0.4) is 0 Å². The summed E-state index contributed by atoms with van der Waals surface area (Å²) in [6, 6.07) is 28.8.